The van der Waals surface area contributed by atoms with E-state index in [2.05, 4.69) is 22.3 Å². The average Bonchev–Trinajstić information content (AvgIpc) is 2.76. The summed E-state index contributed by atoms with van der Waals surface area (Å²) in [6.45, 7) is 1.13. The lowest BCUT2D eigenvalue weighted by Crippen LogP contribution is -2.32. The first-order valence-corrected chi connectivity index (χ1v) is 9.59. The number of carbonyl (C=O) groups excluding carboxylic acids is 1. The predicted molar refractivity (Wildman–Crippen MR) is 110 cm³/mol. The monoisotopic (exact) mass is 479 g/mol. The zero-order valence-electron chi connectivity index (χ0n) is 17.4. The number of alkyl halides is 6. The number of carbonyl (C=O) groups is 1. The minimum atomic E-state index is -4.60. The van der Waals surface area contributed by atoms with E-state index in [0.29, 0.717) is 0 Å². The van der Waals surface area contributed by atoms with Crippen LogP contribution < -0.4 is 10.7 Å². The van der Waals surface area contributed by atoms with Gasteiger partial charge in [0.1, 0.15) is 0 Å². The van der Waals surface area contributed by atoms with Crippen molar-refractivity contribution in [1.82, 2.24) is 15.1 Å². The lowest BCUT2D eigenvalue weighted by Gasteiger charge is -2.13. The first kappa shape index (κ1) is 24.6. The zero-order chi connectivity index (χ0) is 25.1. The number of nitrogens with one attached hydrogen (secondary N) is 1. The third-order valence-electron chi connectivity index (χ3n) is 4.50. The second-order valence-electron chi connectivity index (χ2n) is 7.02. The summed E-state index contributed by atoms with van der Waals surface area (Å²) in [4.78, 5) is 24.6. The summed E-state index contributed by atoms with van der Waals surface area (Å²) in [6.07, 6.45) is -9.12. The fraction of sp³-hybridized carbons (Fsp3) is 0.174. The van der Waals surface area contributed by atoms with E-state index >= 15 is 0 Å². The van der Waals surface area contributed by atoms with Gasteiger partial charge in [0.15, 0.2) is 5.69 Å². The van der Waals surface area contributed by atoms with Crippen LogP contribution in [0, 0.1) is 18.8 Å². The highest BCUT2D eigenvalue weighted by molar-refractivity contribution is 5.92. The molecule has 0 atom stereocenters. The molecule has 176 valence electrons. The number of benzene rings is 2. The molecule has 1 aromatic heterocycles. The smallest absolute Gasteiger partial charge is 0.340 e. The van der Waals surface area contributed by atoms with Gasteiger partial charge >= 0.3 is 12.4 Å². The second kappa shape index (κ2) is 9.43. The van der Waals surface area contributed by atoms with Crippen LogP contribution in [0.3, 0.4) is 0 Å². The number of halogens is 6. The highest BCUT2D eigenvalue weighted by Crippen LogP contribution is 2.30. The minimum absolute atomic E-state index is 0.00860. The van der Waals surface area contributed by atoms with Crippen LogP contribution in [0.4, 0.5) is 26.3 Å². The standard InChI is InChI=1S/C23H15F6N3O2/c1-14-11-19(33)20(31-32(14)18-9-3-8-17(13-18)23(27,28)29)21(34)30-10-4-6-15-5-2-7-16(12-15)22(24,25)26/h2-3,5,7-9,11-13H,10H2,1H3,(H,30,34). The van der Waals surface area contributed by atoms with Crippen LogP contribution in [0.25, 0.3) is 5.69 Å². The number of rotatable bonds is 3. The average molecular weight is 479 g/mol. The fourth-order valence-corrected chi connectivity index (χ4v) is 2.91. The van der Waals surface area contributed by atoms with Crippen molar-refractivity contribution in [3.63, 3.8) is 0 Å². The van der Waals surface area contributed by atoms with Crippen LogP contribution in [-0.4, -0.2) is 22.2 Å². The van der Waals surface area contributed by atoms with Crippen LogP contribution in [0.2, 0.25) is 0 Å². The lowest BCUT2D eigenvalue weighted by molar-refractivity contribution is -0.138. The van der Waals surface area contributed by atoms with Crippen molar-refractivity contribution >= 4 is 5.91 Å². The molecule has 11 heteroatoms. The van der Waals surface area contributed by atoms with Crippen molar-refractivity contribution in [3.05, 3.63) is 92.9 Å². The minimum Gasteiger partial charge on any atom is -0.340 e. The van der Waals surface area contributed by atoms with Gasteiger partial charge in [-0.25, -0.2) is 4.68 Å². The third-order valence-corrected chi connectivity index (χ3v) is 4.50. The fourth-order valence-electron chi connectivity index (χ4n) is 2.91. The van der Waals surface area contributed by atoms with Gasteiger partial charge in [-0.05, 0) is 43.3 Å². The highest BCUT2D eigenvalue weighted by atomic mass is 19.4. The molecule has 0 aliphatic carbocycles. The molecule has 0 saturated heterocycles. The molecule has 1 heterocycles. The Morgan fingerprint density at radius 2 is 1.59 bits per heavy atom. The quantitative estimate of drug-likeness (QED) is 0.449. The van der Waals surface area contributed by atoms with Gasteiger partial charge in [0.25, 0.3) is 5.91 Å². The van der Waals surface area contributed by atoms with Crippen molar-refractivity contribution in [3.8, 4) is 17.5 Å². The van der Waals surface area contributed by atoms with Gasteiger partial charge < -0.3 is 5.32 Å². The number of aromatic nitrogens is 2. The number of hydrogen-bond acceptors (Lipinski definition) is 3. The Balaban J connectivity index is 1.80. The summed E-state index contributed by atoms with van der Waals surface area (Å²) in [6, 6.07) is 9.55. The second-order valence-corrected chi connectivity index (χ2v) is 7.02. The van der Waals surface area contributed by atoms with E-state index in [9.17, 15) is 35.9 Å². The van der Waals surface area contributed by atoms with E-state index in [-0.39, 0.29) is 23.5 Å². The maximum Gasteiger partial charge on any atom is 0.416 e. The summed E-state index contributed by atoms with van der Waals surface area (Å²) in [7, 11) is 0. The first-order valence-electron chi connectivity index (χ1n) is 9.59. The molecule has 0 radical (unpaired) electrons. The maximum absolute atomic E-state index is 13.0. The van der Waals surface area contributed by atoms with E-state index in [1.165, 1.54) is 31.2 Å². The molecular weight excluding hydrogens is 464 g/mol. The van der Waals surface area contributed by atoms with Crippen molar-refractivity contribution < 1.29 is 31.1 Å². The van der Waals surface area contributed by atoms with Gasteiger partial charge in [0.05, 0.1) is 23.4 Å². The van der Waals surface area contributed by atoms with Crippen molar-refractivity contribution in [2.45, 2.75) is 19.3 Å². The first-order chi connectivity index (χ1) is 15.9. The van der Waals surface area contributed by atoms with Crippen LogP contribution >= 0.6 is 0 Å². The van der Waals surface area contributed by atoms with Gasteiger partial charge in [0.2, 0.25) is 5.43 Å². The predicted octanol–water partition coefficient (Wildman–Crippen LogP) is 4.36. The Bertz CT molecular complexity index is 1350. The molecule has 3 rings (SSSR count). The molecule has 2 aromatic carbocycles. The van der Waals surface area contributed by atoms with E-state index in [0.717, 1.165) is 35.0 Å². The number of amides is 1. The van der Waals surface area contributed by atoms with Crippen molar-refractivity contribution in [2.75, 3.05) is 6.54 Å². The van der Waals surface area contributed by atoms with Gasteiger partial charge in [-0.15, -0.1) is 0 Å². The van der Waals surface area contributed by atoms with Crippen molar-refractivity contribution in [2.24, 2.45) is 0 Å². The Morgan fingerprint density at radius 1 is 0.971 bits per heavy atom. The molecule has 0 fully saturated rings. The summed E-state index contributed by atoms with van der Waals surface area (Å²) in [5.41, 5.74) is -2.88. The SMILES string of the molecule is Cc1cc(=O)c(C(=O)NCC#Cc2cccc(C(F)(F)F)c2)nn1-c1cccc(C(F)(F)F)c1. The van der Waals surface area contributed by atoms with Gasteiger partial charge in [0, 0.05) is 17.3 Å². The maximum atomic E-state index is 13.0. The molecule has 1 amide bonds. The Hall–Kier alpha value is -4.07. The molecule has 0 spiro atoms. The normalized spacial score (nSPS) is 11.5. The molecule has 34 heavy (non-hydrogen) atoms. The summed E-state index contributed by atoms with van der Waals surface area (Å²) >= 11 is 0. The summed E-state index contributed by atoms with van der Waals surface area (Å²) < 4.78 is 78.3. The van der Waals surface area contributed by atoms with E-state index < -0.39 is 40.5 Å². The Labute approximate surface area is 189 Å². The Kier molecular flexibility index (Phi) is 6.81. The largest absolute Gasteiger partial charge is 0.416 e. The molecule has 0 bridgehead atoms. The Morgan fingerprint density at radius 3 is 2.24 bits per heavy atom. The summed E-state index contributed by atoms with van der Waals surface area (Å²) in [5, 5.41) is 6.19. The summed E-state index contributed by atoms with van der Waals surface area (Å²) in [5.74, 6) is 4.00. The molecule has 3 aromatic rings. The van der Waals surface area contributed by atoms with Crippen LogP contribution in [0.15, 0.2) is 59.4 Å². The van der Waals surface area contributed by atoms with Crippen LogP contribution in [0.5, 0.6) is 0 Å². The number of aryl methyl sites for hydroxylation is 1. The zero-order valence-corrected chi connectivity index (χ0v) is 17.4. The molecule has 0 unspecified atom stereocenters. The van der Waals surface area contributed by atoms with Gasteiger partial charge in [-0.1, -0.05) is 24.0 Å². The van der Waals surface area contributed by atoms with Crippen molar-refractivity contribution in [1.29, 1.82) is 0 Å². The van der Waals surface area contributed by atoms with Gasteiger partial charge in [-0.3, -0.25) is 9.59 Å². The molecule has 0 saturated carbocycles. The highest BCUT2D eigenvalue weighted by Gasteiger charge is 2.31. The number of nitrogens with zero attached hydrogens (tertiary/aromatic N) is 2. The van der Waals surface area contributed by atoms with Crippen LogP contribution in [-0.2, 0) is 12.4 Å². The topological polar surface area (TPSA) is 64.0 Å². The van der Waals surface area contributed by atoms with E-state index in [4.69, 9.17) is 0 Å². The molecule has 5 nitrogen and oxygen atoms in total. The molecule has 0 aliphatic rings. The van der Waals surface area contributed by atoms with E-state index in [1.54, 1.807) is 0 Å². The van der Waals surface area contributed by atoms with Gasteiger partial charge in [-0.2, -0.15) is 31.4 Å². The third kappa shape index (κ3) is 5.83. The number of hydrogen-bond donors (Lipinski definition) is 1. The molecular formula is C23H15F6N3O2. The molecule has 0 aliphatic heterocycles. The van der Waals surface area contributed by atoms with E-state index in [1.807, 2.05) is 0 Å². The van der Waals surface area contributed by atoms with Crippen LogP contribution in [0.1, 0.15) is 32.9 Å². The lowest BCUT2D eigenvalue weighted by atomic mass is 10.1. The molecule has 1 N–H and O–H groups in total.